The number of hydrogen-bond donors (Lipinski definition) is 0. The molecule has 1 atom stereocenters. The van der Waals surface area contributed by atoms with Crippen LogP contribution in [-0.2, 0) is 4.79 Å². The van der Waals surface area contributed by atoms with Gasteiger partial charge in [0, 0.05) is 29.2 Å². The average molecular weight is 384 g/mol. The van der Waals surface area contributed by atoms with Crippen molar-refractivity contribution >= 4 is 23.2 Å². The maximum atomic E-state index is 12.5. The number of rotatable bonds is 5. The summed E-state index contributed by atoms with van der Waals surface area (Å²) in [6.07, 6.45) is 0.338. The van der Waals surface area contributed by atoms with Gasteiger partial charge in [-0.2, -0.15) is 4.98 Å². The van der Waals surface area contributed by atoms with Gasteiger partial charge in [0.05, 0.1) is 12.5 Å². The van der Waals surface area contributed by atoms with Crippen molar-refractivity contribution in [2.24, 2.45) is 0 Å². The van der Waals surface area contributed by atoms with Gasteiger partial charge in [-0.1, -0.05) is 28.9 Å². The zero-order valence-corrected chi connectivity index (χ0v) is 15.5. The van der Waals surface area contributed by atoms with Crippen LogP contribution in [0.25, 0.3) is 11.4 Å². The van der Waals surface area contributed by atoms with Crippen LogP contribution in [0.15, 0.2) is 53.1 Å². The Morgan fingerprint density at radius 3 is 2.81 bits per heavy atom. The molecular weight excluding hydrogens is 366 g/mol. The highest BCUT2D eigenvalue weighted by atomic mass is 35.5. The summed E-state index contributed by atoms with van der Waals surface area (Å²) in [4.78, 5) is 18.7. The number of benzene rings is 2. The quantitative estimate of drug-likeness (QED) is 0.656. The van der Waals surface area contributed by atoms with Crippen molar-refractivity contribution in [3.05, 3.63) is 59.4 Å². The monoisotopic (exact) mass is 383 g/mol. The Balaban J connectivity index is 1.51. The van der Waals surface area contributed by atoms with Crippen LogP contribution in [0.2, 0.25) is 5.02 Å². The zero-order valence-electron chi connectivity index (χ0n) is 14.8. The summed E-state index contributed by atoms with van der Waals surface area (Å²) in [6.45, 7) is 3.05. The summed E-state index contributed by atoms with van der Waals surface area (Å²) >= 11 is 6.02. The first-order valence-electron chi connectivity index (χ1n) is 8.77. The number of amides is 1. The average Bonchev–Trinajstić information content (AvgIpc) is 3.30. The van der Waals surface area contributed by atoms with E-state index in [1.165, 1.54) is 0 Å². The SMILES string of the molecule is CCOc1ccc(N2C[C@H](c3nc(-c4cccc(Cl)c4)no3)CC2=O)cc1. The normalized spacial score (nSPS) is 16.7. The maximum Gasteiger partial charge on any atom is 0.232 e. The number of carbonyl (C=O) groups excluding carboxylic acids is 1. The highest BCUT2D eigenvalue weighted by Crippen LogP contribution is 2.32. The lowest BCUT2D eigenvalue weighted by atomic mass is 10.1. The van der Waals surface area contributed by atoms with Crippen LogP contribution in [0.3, 0.4) is 0 Å². The van der Waals surface area contributed by atoms with Crippen molar-refractivity contribution in [2.45, 2.75) is 19.3 Å². The molecule has 0 aliphatic carbocycles. The van der Waals surface area contributed by atoms with E-state index in [1.807, 2.05) is 43.3 Å². The van der Waals surface area contributed by atoms with E-state index in [-0.39, 0.29) is 11.8 Å². The van der Waals surface area contributed by atoms with Crippen LogP contribution < -0.4 is 9.64 Å². The molecule has 138 valence electrons. The van der Waals surface area contributed by atoms with Gasteiger partial charge in [-0.3, -0.25) is 4.79 Å². The lowest BCUT2D eigenvalue weighted by molar-refractivity contribution is -0.117. The summed E-state index contributed by atoms with van der Waals surface area (Å²) in [6, 6.07) is 14.8. The Kier molecular flexibility index (Phi) is 4.81. The van der Waals surface area contributed by atoms with E-state index in [1.54, 1.807) is 17.0 Å². The molecule has 0 spiro atoms. The second-order valence-electron chi connectivity index (χ2n) is 6.30. The molecule has 1 aromatic heterocycles. The lowest BCUT2D eigenvalue weighted by Crippen LogP contribution is -2.24. The summed E-state index contributed by atoms with van der Waals surface area (Å²) in [5, 5.41) is 4.64. The number of halogens is 1. The van der Waals surface area contributed by atoms with Crippen molar-refractivity contribution in [3.63, 3.8) is 0 Å². The molecule has 2 aromatic carbocycles. The molecule has 2 heterocycles. The Labute approximate surface area is 161 Å². The van der Waals surface area contributed by atoms with Crippen LogP contribution in [0.4, 0.5) is 5.69 Å². The Hall–Kier alpha value is -2.86. The number of anilines is 1. The summed E-state index contributed by atoms with van der Waals surface area (Å²) < 4.78 is 10.9. The number of nitrogens with zero attached hydrogens (tertiary/aromatic N) is 3. The number of aromatic nitrogens is 2. The molecule has 0 N–H and O–H groups in total. The fourth-order valence-electron chi connectivity index (χ4n) is 3.16. The van der Waals surface area contributed by atoms with Crippen LogP contribution in [0.1, 0.15) is 25.2 Å². The fraction of sp³-hybridized carbons (Fsp3) is 0.250. The predicted octanol–water partition coefficient (Wildman–Crippen LogP) is 4.31. The molecule has 0 saturated carbocycles. The molecule has 1 saturated heterocycles. The van der Waals surface area contributed by atoms with Crippen molar-refractivity contribution in [3.8, 4) is 17.1 Å². The van der Waals surface area contributed by atoms with Gasteiger partial charge >= 0.3 is 0 Å². The van der Waals surface area contributed by atoms with Gasteiger partial charge < -0.3 is 14.2 Å². The zero-order chi connectivity index (χ0) is 18.8. The molecule has 1 aliphatic heterocycles. The van der Waals surface area contributed by atoms with Crippen LogP contribution in [-0.4, -0.2) is 29.2 Å². The molecule has 4 rings (SSSR count). The first-order valence-corrected chi connectivity index (χ1v) is 9.14. The van der Waals surface area contributed by atoms with E-state index in [4.69, 9.17) is 20.9 Å². The van der Waals surface area contributed by atoms with E-state index in [0.717, 1.165) is 17.0 Å². The second kappa shape index (κ2) is 7.40. The molecular formula is C20H18ClN3O3. The topological polar surface area (TPSA) is 68.5 Å². The highest BCUT2D eigenvalue weighted by Gasteiger charge is 2.35. The molecule has 6 nitrogen and oxygen atoms in total. The van der Waals surface area contributed by atoms with Crippen LogP contribution in [0.5, 0.6) is 5.75 Å². The van der Waals surface area contributed by atoms with Gasteiger partial charge in [-0.05, 0) is 43.3 Å². The molecule has 0 unspecified atom stereocenters. The molecule has 0 radical (unpaired) electrons. The third-order valence-electron chi connectivity index (χ3n) is 4.46. The molecule has 7 heteroatoms. The minimum Gasteiger partial charge on any atom is -0.494 e. The van der Waals surface area contributed by atoms with E-state index in [9.17, 15) is 4.79 Å². The van der Waals surface area contributed by atoms with Crippen molar-refractivity contribution in [1.82, 2.24) is 10.1 Å². The van der Waals surface area contributed by atoms with E-state index in [0.29, 0.717) is 36.3 Å². The molecule has 1 aliphatic rings. The standard InChI is InChI=1S/C20H18ClN3O3/c1-2-26-17-8-6-16(7-9-17)24-12-14(11-18(24)25)20-22-19(23-27-20)13-4-3-5-15(21)10-13/h3-10,14H,2,11-12H2,1H3/t14-/m1/s1. The number of ether oxygens (including phenoxy) is 1. The lowest BCUT2D eigenvalue weighted by Gasteiger charge is -2.16. The fourth-order valence-corrected chi connectivity index (χ4v) is 3.35. The Morgan fingerprint density at radius 2 is 2.07 bits per heavy atom. The van der Waals surface area contributed by atoms with Crippen molar-refractivity contribution in [2.75, 3.05) is 18.1 Å². The van der Waals surface area contributed by atoms with Gasteiger partial charge in [0.25, 0.3) is 0 Å². The minimum absolute atomic E-state index is 0.0339. The van der Waals surface area contributed by atoms with E-state index >= 15 is 0 Å². The summed E-state index contributed by atoms with van der Waals surface area (Å²) in [5.74, 6) is 1.62. The summed E-state index contributed by atoms with van der Waals surface area (Å²) in [7, 11) is 0. The van der Waals surface area contributed by atoms with Gasteiger partial charge in [-0.15, -0.1) is 0 Å². The van der Waals surface area contributed by atoms with Crippen molar-refractivity contribution < 1.29 is 14.1 Å². The summed E-state index contributed by atoms with van der Waals surface area (Å²) in [5.41, 5.74) is 1.62. The number of carbonyl (C=O) groups is 1. The Bertz CT molecular complexity index is 955. The van der Waals surface area contributed by atoms with Gasteiger partial charge in [0.1, 0.15) is 5.75 Å². The molecule has 27 heavy (non-hydrogen) atoms. The molecule has 1 amide bonds. The minimum atomic E-state index is -0.135. The molecule has 3 aromatic rings. The third-order valence-corrected chi connectivity index (χ3v) is 4.69. The molecule has 0 bridgehead atoms. The van der Waals surface area contributed by atoms with Crippen molar-refractivity contribution in [1.29, 1.82) is 0 Å². The highest BCUT2D eigenvalue weighted by molar-refractivity contribution is 6.30. The maximum absolute atomic E-state index is 12.5. The first-order chi connectivity index (χ1) is 13.1. The predicted molar refractivity (Wildman–Crippen MR) is 102 cm³/mol. The van der Waals surface area contributed by atoms with Crippen LogP contribution >= 0.6 is 11.6 Å². The van der Waals surface area contributed by atoms with Gasteiger partial charge in [0.15, 0.2) is 0 Å². The molecule has 1 fully saturated rings. The third kappa shape index (κ3) is 3.66. The largest absolute Gasteiger partial charge is 0.494 e. The Morgan fingerprint density at radius 1 is 1.26 bits per heavy atom. The number of hydrogen-bond acceptors (Lipinski definition) is 5. The van der Waals surface area contributed by atoms with Gasteiger partial charge in [-0.25, -0.2) is 0 Å². The van der Waals surface area contributed by atoms with E-state index in [2.05, 4.69) is 10.1 Å². The van der Waals surface area contributed by atoms with Crippen LogP contribution in [0, 0.1) is 0 Å². The second-order valence-corrected chi connectivity index (χ2v) is 6.74. The van der Waals surface area contributed by atoms with Gasteiger partial charge in [0.2, 0.25) is 17.6 Å². The van der Waals surface area contributed by atoms with E-state index < -0.39 is 0 Å². The smallest absolute Gasteiger partial charge is 0.232 e. The first kappa shape index (κ1) is 17.5.